The maximum atomic E-state index is 11.7. The summed E-state index contributed by atoms with van der Waals surface area (Å²) in [5.74, 6) is 0. The Kier molecular flexibility index (Phi) is 9.66. The minimum absolute atomic E-state index is 0.0349. The van der Waals surface area contributed by atoms with Crippen LogP contribution in [0.2, 0.25) is 0 Å². The highest BCUT2D eigenvalue weighted by Gasteiger charge is 2.25. The Bertz CT molecular complexity index is 153. The van der Waals surface area contributed by atoms with E-state index < -0.39 is 12.6 Å². The molecule has 0 unspecified atom stereocenters. The van der Waals surface area contributed by atoms with Crippen molar-refractivity contribution in [1.29, 1.82) is 0 Å². The van der Waals surface area contributed by atoms with Crippen molar-refractivity contribution in [1.82, 2.24) is 5.32 Å². The third kappa shape index (κ3) is 13.7. The minimum atomic E-state index is -4.07. The summed E-state index contributed by atoms with van der Waals surface area (Å²) in [4.78, 5) is 0. The molecule has 0 rings (SSSR count). The average Bonchev–Trinajstić information content (AvgIpc) is 2.19. The summed E-state index contributed by atoms with van der Waals surface area (Å²) in [6.07, 6.45) is -3.88. The van der Waals surface area contributed by atoms with E-state index in [2.05, 4.69) is 5.32 Å². The standard InChI is InChI=1S/C10H20F3NO2/c1-15-7-3-5-14-6-9-16-8-2-4-10(11,12)13/h14H,2-9H2,1H3. The Morgan fingerprint density at radius 1 is 1.00 bits per heavy atom. The monoisotopic (exact) mass is 243 g/mol. The molecule has 98 valence electrons. The van der Waals surface area contributed by atoms with Gasteiger partial charge in [0.05, 0.1) is 6.61 Å². The molecule has 16 heavy (non-hydrogen) atoms. The summed E-state index contributed by atoms with van der Waals surface area (Å²) in [6.45, 7) is 2.82. The van der Waals surface area contributed by atoms with Gasteiger partial charge in [-0.2, -0.15) is 13.2 Å². The van der Waals surface area contributed by atoms with Crippen molar-refractivity contribution in [3.05, 3.63) is 0 Å². The maximum absolute atomic E-state index is 11.7. The Balaban J connectivity index is 2.99. The topological polar surface area (TPSA) is 30.5 Å². The molecule has 1 N–H and O–H groups in total. The average molecular weight is 243 g/mol. The van der Waals surface area contributed by atoms with Gasteiger partial charge in [-0.25, -0.2) is 0 Å². The lowest BCUT2D eigenvalue weighted by Crippen LogP contribution is -2.22. The van der Waals surface area contributed by atoms with Gasteiger partial charge in [-0.15, -0.1) is 0 Å². The number of rotatable bonds is 10. The molecule has 0 aromatic rings. The van der Waals surface area contributed by atoms with Crippen LogP contribution >= 0.6 is 0 Å². The van der Waals surface area contributed by atoms with E-state index >= 15 is 0 Å². The van der Waals surface area contributed by atoms with Gasteiger partial charge >= 0.3 is 6.18 Å². The van der Waals surface area contributed by atoms with Gasteiger partial charge in [0.1, 0.15) is 0 Å². The first kappa shape index (κ1) is 15.7. The molecule has 0 aliphatic heterocycles. The van der Waals surface area contributed by atoms with Crippen LogP contribution in [0.15, 0.2) is 0 Å². The highest BCUT2D eigenvalue weighted by molar-refractivity contribution is 4.50. The van der Waals surface area contributed by atoms with Gasteiger partial charge in [0.25, 0.3) is 0 Å². The molecule has 0 atom stereocenters. The number of hydrogen-bond acceptors (Lipinski definition) is 3. The van der Waals surface area contributed by atoms with Crippen LogP contribution in [0.1, 0.15) is 19.3 Å². The smallest absolute Gasteiger partial charge is 0.385 e. The molecule has 0 aliphatic rings. The van der Waals surface area contributed by atoms with Crippen LogP contribution < -0.4 is 5.32 Å². The van der Waals surface area contributed by atoms with Crippen LogP contribution in [-0.4, -0.2) is 46.2 Å². The molecule has 0 heterocycles. The van der Waals surface area contributed by atoms with E-state index in [1.807, 2.05) is 0 Å². The van der Waals surface area contributed by atoms with Crippen LogP contribution in [0.4, 0.5) is 13.2 Å². The van der Waals surface area contributed by atoms with Crippen molar-refractivity contribution in [2.45, 2.75) is 25.4 Å². The van der Waals surface area contributed by atoms with Gasteiger partial charge < -0.3 is 14.8 Å². The van der Waals surface area contributed by atoms with E-state index in [-0.39, 0.29) is 13.0 Å². The maximum Gasteiger partial charge on any atom is 0.389 e. The Labute approximate surface area is 94.3 Å². The van der Waals surface area contributed by atoms with Gasteiger partial charge in [-0.3, -0.25) is 0 Å². The van der Waals surface area contributed by atoms with E-state index in [1.165, 1.54) is 0 Å². The Morgan fingerprint density at radius 2 is 1.75 bits per heavy atom. The molecule has 0 radical (unpaired) electrons. The predicted molar refractivity (Wildman–Crippen MR) is 55.5 cm³/mol. The number of alkyl halides is 3. The van der Waals surface area contributed by atoms with E-state index in [0.29, 0.717) is 19.8 Å². The molecular formula is C10H20F3NO2. The second kappa shape index (κ2) is 9.86. The number of hydrogen-bond donors (Lipinski definition) is 1. The molecule has 3 nitrogen and oxygen atoms in total. The van der Waals surface area contributed by atoms with Crippen molar-refractivity contribution in [2.75, 3.05) is 40.0 Å². The predicted octanol–water partition coefficient (Wildman–Crippen LogP) is 1.97. The van der Waals surface area contributed by atoms with Gasteiger partial charge in [-0.1, -0.05) is 0 Å². The fourth-order valence-corrected chi connectivity index (χ4v) is 1.09. The second-order valence-corrected chi connectivity index (χ2v) is 3.43. The summed E-state index contributed by atoms with van der Waals surface area (Å²) in [6, 6.07) is 0. The zero-order valence-corrected chi connectivity index (χ0v) is 9.61. The lowest BCUT2D eigenvalue weighted by molar-refractivity contribution is -0.137. The first-order valence-corrected chi connectivity index (χ1v) is 5.40. The molecule has 0 bridgehead atoms. The highest BCUT2D eigenvalue weighted by atomic mass is 19.4. The highest BCUT2D eigenvalue weighted by Crippen LogP contribution is 2.20. The first-order chi connectivity index (χ1) is 7.56. The third-order valence-corrected chi connectivity index (χ3v) is 1.87. The molecule has 0 fully saturated rings. The summed E-state index contributed by atoms with van der Waals surface area (Å²) >= 11 is 0. The lowest BCUT2D eigenvalue weighted by atomic mass is 10.3. The Morgan fingerprint density at radius 3 is 2.38 bits per heavy atom. The van der Waals surface area contributed by atoms with Crippen molar-refractivity contribution in [3.8, 4) is 0 Å². The fourth-order valence-electron chi connectivity index (χ4n) is 1.09. The van der Waals surface area contributed by atoms with E-state index in [9.17, 15) is 13.2 Å². The zero-order valence-electron chi connectivity index (χ0n) is 9.61. The summed E-state index contributed by atoms with van der Waals surface area (Å²) < 4.78 is 45.1. The number of ether oxygens (including phenoxy) is 2. The molecule has 0 aromatic carbocycles. The van der Waals surface area contributed by atoms with Crippen molar-refractivity contribution >= 4 is 0 Å². The van der Waals surface area contributed by atoms with Gasteiger partial charge in [0.15, 0.2) is 0 Å². The molecule has 0 aromatic heterocycles. The van der Waals surface area contributed by atoms with Crippen molar-refractivity contribution in [2.24, 2.45) is 0 Å². The van der Waals surface area contributed by atoms with Crippen LogP contribution in [0, 0.1) is 0 Å². The van der Waals surface area contributed by atoms with E-state index in [4.69, 9.17) is 9.47 Å². The first-order valence-electron chi connectivity index (χ1n) is 5.40. The minimum Gasteiger partial charge on any atom is -0.385 e. The summed E-state index contributed by atoms with van der Waals surface area (Å²) in [5.41, 5.74) is 0. The fraction of sp³-hybridized carbons (Fsp3) is 1.00. The SMILES string of the molecule is COCCCNCCOCCCC(F)(F)F. The quantitative estimate of drug-likeness (QED) is 0.595. The molecule has 0 aliphatic carbocycles. The number of halogens is 3. The van der Waals surface area contributed by atoms with Gasteiger partial charge in [-0.05, 0) is 19.4 Å². The molecule has 0 saturated carbocycles. The van der Waals surface area contributed by atoms with Gasteiger partial charge in [0, 0.05) is 33.3 Å². The van der Waals surface area contributed by atoms with Crippen LogP contribution in [-0.2, 0) is 9.47 Å². The largest absolute Gasteiger partial charge is 0.389 e. The number of methoxy groups -OCH3 is 1. The van der Waals surface area contributed by atoms with Crippen molar-refractivity contribution in [3.63, 3.8) is 0 Å². The molecule has 6 heteroatoms. The molecule has 0 amide bonds. The number of nitrogens with one attached hydrogen (secondary N) is 1. The Hall–Kier alpha value is -0.330. The van der Waals surface area contributed by atoms with Crippen LogP contribution in [0.5, 0.6) is 0 Å². The van der Waals surface area contributed by atoms with Crippen molar-refractivity contribution < 1.29 is 22.6 Å². The van der Waals surface area contributed by atoms with Crippen LogP contribution in [0.3, 0.4) is 0 Å². The zero-order chi connectivity index (χ0) is 12.3. The summed E-state index contributed by atoms with van der Waals surface area (Å²) in [5, 5.41) is 3.10. The second-order valence-electron chi connectivity index (χ2n) is 3.43. The van der Waals surface area contributed by atoms with Crippen LogP contribution in [0.25, 0.3) is 0 Å². The van der Waals surface area contributed by atoms with E-state index in [1.54, 1.807) is 7.11 Å². The molecule has 0 saturated heterocycles. The van der Waals surface area contributed by atoms with Gasteiger partial charge in [0.2, 0.25) is 0 Å². The lowest BCUT2D eigenvalue weighted by Gasteiger charge is -2.07. The molecular weight excluding hydrogens is 223 g/mol. The normalized spacial score (nSPS) is 12.0. The molecule has 0 spiro atoms. The van der Waals surface area contributed by atoms with E-state index in [0.717, 1.165) is 13.0 Å². The summed E-state index contributed by atoms with van der Waals surface area (Å²) in [7, 11) is 1.64. The third-order valence-electron chi connectivity index (χ3n) is 1.87.